The average Bonchev–Trinajstić information content (AvgIpc) is 2.39. The molecule has 94 valence electrons. The molecule has 1 unspecified atom stereocenters. The minimum absolute atomic E-state index is 0.408. The predicted octanol–water partition coefficient (Wildman–Crippen LogP) is 1.72. The van der Waals surface area contributed by atoms with Crippen LogP contribution in [-0.2, 0) is 0 Å². The third-order valence-corrected chi connectivity index (χ3v) is 3.68. The predicted molar refractivity (Wildman–Crippen MR) is 73.6 cm³/mol. The molecule has 0 aliphatic carbocycles. The van der Waals surface area contributed by atoms with Gasteiger partial charge in [-0.2, -0.15) is 0 Å². The Morgan fingerprint density at radius 3 is 2.41 bits per heavy atom. The van der Waals surface area contributed by atoms with E-state index in [1.807, 2.05) is 7.05 Å². The van der Waals surface area contributed by atoms with Crippen molar-refractivity contribution in [1.29, 1.82) is 0 Å². The quantitative estimate of drug-likeness (QED) is 0.857. The van der Waals surface area contributed by atoms with Crippen LogP contribution in [0.15, 0.2) is 24.3 Å². The number of hydrogen-bond donors (Lipinski definition) is 1. The summed E-state index contributed by atoms with van der Waals surface area (Å²) in [6, 6.07) is 9.15. The van der Waals surface area contributed by atoms with Gasteiger partial charge in [-0.1, -0.05) is 18.2 Å². The number of piperazine rings is 1. The molecule has 1 aromatic carbocycles. The molecule has 1 aromatic rings. The molecular formula is C14H23N3. The van der Waals surface area contributed by atoms with E-state index in [1.165, 1.54) is 11.3 Å². The van der Waals surface area contributed by atoms with E-state index in [0.717, 1.165) is 26.2 Å². The van der Waals surface area contributed by atoms with Gasteiger partial charge in [0.2, 0.25) is 0 Å². The Morgan fingerprint density at radius 2 is 1.76 bits per heavy atom. The van der Waals surface area contributed by atoms with Crippen molar-refractivity contribution in [2.75, 3.05) is 45.2 Å². The lowest BCUT2D eigenvalue weighted by Gasteiger charge is -2.36. The lowest BCUT2D eigenvalue weighted by atomic mass is 10.0. The van der Waals surface area contributed by atoms with Gasteiger partial charge in [0, 0.05) is 37.9 Å². The summed E-state index contributed by atoms with van der Waals surface area (Å²) in [7, 11) is 4.21. The molecular weight excluding hydrogens is 210 g/mol. The second-order valence-corrected chi connectivity index (χ2v) is 4.86. The molecule has 1 heterocycles. The summed E-state index contributed by atoms with van der Waals surface area (Å²) in [5, 5.41) is 3.33. The van der Waals surface area contributed by atoms with Crippen molar-refractivity contribution in [2.45, 2.75) is 13.0 Å². The zero-order chi connectivity index (χ0) is 12.3. The minimum atomic E-state index is 0.408. The van der Waals surface area contributed by atoms with Crippen molar-refractivity contribution in [2.24, 2.45) is 0 Å². The highest BCUT2D eigenvalue weighted by atomic mass is 15.2. The van der Waals surface area contributed by atoms with Crippen molar-refractivity contribution >= 4 is 5.69 Å². The fraction of sp³-hybridized carbons (Fsp3) is 0.571. The first kappa shape index (κ1) is 12.4. The molecule has 3 nitrogen and oxygen atoms in total. The molecule has 2 rings (SSSR count). The first-order valence-electron chi connectivity index (χ1n) is 6.42. The molecule has 0 spiro atoms. The van der Waals surface area contributed by atoms with E-state index in [9.17, 15) is 0 Å². The first-order valence-corrected chi connectivity index (χ1v) is 6.42. The van der Waals surface area contributed by atoms with E-state index in [1.54, 1.807) is 0 Å². The number of anilines is 1. The Balaban J connectivity index is 2.19. The minimum Gasteiger partial charge on any atom is -0.369 e. The van der Waals surface area contributed by atoms with Crippen molar-refractivity contribution in [3.8, 4) is 0 Å². The number of rotatable bonds is 3. The van der Waals surface area contributed by atoms with Crippen LogP contribution in [0.3, 0.4) is 0 Å². The van der Waals surface area contributed by atoms with E-state index in [4.69, 9.17) is 0 Å². The largest absolute Gasteiger partial charge is 0.369 e. The Labute approximate surface area is 104 Å². The maximum atomic E-state index is 3.33. The second kappa shape index (κ2) is 5.52. The molecule has 0 amide bonds. The molecule has 1 aliphatic heterocycles. The van der Waals surface area contributed by atoms with Crippen molar-refractivity contribution in [3.63, 3.8) is 0 Å². The fourth-order valence-electron chi connectivity index (χ4n) is 2.34. The summed E-state index contributed by atoms with van der Waals surface area (Å²) in [5.74, 6) is 0. The van der Waals surface area contributed by atoms with Gasteiger partial charge in [-0.3, -0.25) is 0 Å². The molecule has 1 fully saturated rings. The van der Waals surface area contributed by atoms with E-state index >= 15 is 0 Å². The molecule has 1 saturated heterocycles. The van der Waals surface area contributed by atoms with Crippen LogP contribution in [0.25, 0.3) is 0 Å². The standard InChI is InChI=1S/C14H23N3/c1-12(15-2)13-6-4-5-7-14(13)17-10-8-16(3)9-11-17/h4-7,12,15H,8-11H2,1-3H3. The normalized spacial score (nSPS) is 19.4. The fourth-order valence-corrected chi connectivity index (χ4v) is 2.34. The van der Waals surface area contributed by atoms with Gasteiger partial charge in [0.1, 0.15) is 0 Å². The molecule has 1 aliphatic rings. The van der Waals surface area contributed by atoms with Gasteiger partial charge in [0.05, 0.1) is 0 Å². The molecule has 1 atom stereocenters. The molecule has 0 saturated carbocycles. The molecule has 1 N–H and O–H groups in total. The molecule has 0 aromatic heterocycles. The van der Waals surface area contributed by atoms with Gasteiger partial charge >= 0.3 is 0 Å². The third kappa shape index (κ3) is 2.79. The second-order valence-electron chi connectivity index (χ2n) is 4.86. The van der Waals surface area contributed by atoms with Gasteiger partial charge in [-0.15, -0.1) is 0 Å². The summed E-state index contributed by atoms with van der Waals surface area (Å²) in [6.45, 7) is 6.79. The van der Waals surface area contributed by atoms with Crippen LogP contribution in [-0.4, -0.2) is 45.2 Å². The summed E-state index contributed by atoms with van der Waals surface area (Å²) in [6.07, 6.45) is 0. The Bertz CT molecular complexity index is 356. The third-order valence-electron chi connectivity index (χ3n) is 3.68. The van der Waals surface area contributed by atoms with Crippen molar-refractivity contribution in [1.82, 2.24) is 10.2 Å². The van der Waals surface area contributed by atoms with Gasteiger partial charge < -0.3 is 15.1 Å². The van der Waals surface area contributed by atoms with E-state index in [0.29, 0.717) is 6.04 Å². The number of benzene rings is 1. The van der Waals surface area contributed by atoms with Gasteiger partial charge in [-0.25, -0.2) is 0 Å². The van der Waals surface area contributed by atoms with Gasteiger partial charge in [-0.05, 0) is 32.6 Å². The lowest BCUT2D eigenvalue weighted by molar-refractivity contribution is 0.312. The van der Waals surface area contributed by atoms with Crippen LogP contribution in [0.1, 0.15) is 18.5 Å². The van der Waals surface area contributed by atoms with Gasteiger partial charge in [0.25, 0.3) is 0 Å². The van der Waals surface area contributed by atoms with Crippen molar-refractivity contribution < 1.29 is 0 Å². The highest BCUT2D eigenvalue weighted by Crippen LogP contribution is 2.26. The van der Waals surface area contributed by atoms with Crippen LogP contribution in [0, 0.1) is 0 Å². The van der Waals surface area contributed by atoms with Crippen LogP contribution >= 0.6 is 0 Å². The highest BCUT2D eigenvalue weighted by Gasteiger charge is 2.18. The van der Waals surface area contributed by atoms with Crippen LogP contribution in [0.2, 0.25) is 0 Å². The molecule has 17 heavy (non-hydrogen) atoms. The number of nitrogens with zero attached hydrogens (tertiary/aromatic N) is 2. The SMILES string of the molecule is CNC(C)c1ccccc1N1CCN(C)CC1. The lowest BCUT2D eigenvalue weighted by Crippen LogP contribution is -2.45. The maximum Gasteiger partial charge on any atom is 0.0415 e. The summed E-state index contributed by atoms with van der Waals surface area (Å²) in [5.41, 5.74) is 2.79. The van der Waals surface area contributed by atoms with E-state index in [2.05, 4.69) is 53.4 Å². The molecule has 0 radical (unpaired) electrons. The smallest absolute Gasteiger partial charge is 0.0415 e. The van der Waals surface area contributed by atoms with Gasteiger partial charge in [0.15, 0.2) is 0 Å². The summed E-state index contributed by atoms with van der Waals surface area (Å²) < 4.78 is 0. The van der Waals surface area contributed by atoms with Crippen LogP contribution in [0.4, 0.5) is 5.69 Å². The highest BCUT2D eigenvalue weighted by molar-refractivity contribution is 5.55. The number of hydrogen-bond acceptors (Lipinski definition) is 3. The number of nitrogens with one attached hydrogen (secondary N) is 1. The Morgan fingerprint density at radius 1 is 1.12 bits per heavy atom. The van der Waals surface area contributed by atoms with Crippen LogP contribution < -0.4 is 10.2 Å². The van der Waals surface area contributed by atoms with Crippen molar-refractivity contribution in [3.05, 3.63) is 29.8 Å². The van der Waals surface area contributed by atoms with E-state index in [-0.39, 0.29) is 0 Å². The topological polar surface area (TPSA) is 18.5 Å². The zero-order valence-electron chi connectivity index (χ0n) is 11.1. The molecule has 3 heteroatoms. The molecule has 0 bridgehead atoms. The summed E-state index contributed by atoms with van der Waals surface area (Å²) >= 11 is 0. The Kier molecular flexibility index (Phi) is 4.02. The average molecular weight is 233 g/mol. The monoisotopic (exact) mass is 233 g/mol. The zero-order valence-corrected chi connectivity index (χ0v) is 11.1. The summed E-state index contributed by atoms with van der Waals surface area (Å²) in [4.78, 5) is 4.89. The Hall–Kier alpha value is -1.06. The number of para-hydroxylation sites is 1. The maximum absolute atomic E-state index is 3.33. The first-order chi connectivity index (χ1) is 8.22. The number of likely N-dealkylation sites (N-methyl/N-ethyl adjacent to an activating group) is 1. The van der Waals surface area contributed by atoms with E-state index < -0.39 is 0 Å². The van der Waals surface area contributed by atoms with Crippen LogP contribution in [0.5, 0.6) is 0 Å².